The molecular weight excluding hydrogens is 242 g/mol. The highest BCUT2D eigenvalue weighted by molar-refractivity contribution is 6.32. The summed E-state index contributed by atoms with van der Waals surface area (Å²) in [6.07, 6.45) is 5.35. The van der Waals surface area contributed by atoms with Crippen molar-refractivity contribution in [3.8, 4) is 0 Å². The zero-order valence-electron chi connectivity index (χ0n) is 8.89. The van der Waals surface area contributed by atoms with Crippen LogP contribution in [0.1, 0.15) is 12.2 Å². The largest absolute Gasteiger partial charge is 0.469 e. The molecule has 0 unspecified atom stereocenters. The SMILES string of the molecule is O=C(CCc1ccco1)Nc1nccnc1Cl. The van der Waals surface area contributed by atoms with Gasteiger partial charge in [0.15, 0.2) is 11.0 Å². The van der Waals surface area contributed by atoms with Gasteiger partial charge in [-0.1, -0.05) is 11.6 Å². The summed E-state index contributed by atoms with van der Waals surface area (Å²) in [5, 5.41) is 2.77. The highest BCUT2D eigenvalue weighted by Crippen LogP contribution is 2.14. The van der Waals surface area contributed by atoms with Crippen LogP contribution in [0.5, 0.6) is 0 Å². The molecule has 0 saturated heterocycles. The minimum Gasteiger partial charge on any atom is -0.469 e. The molecule has 1 amide bonds. The molecule has 0 atom stereocenters. The fourth-order valence-electron chi connectivity index (χ4n) is 1.29. The maximum atomic E-state index is 11.6. The maximum Gasteiger partial charge on any atom is 0.226 e. The van der Waals surface area contributed by atoms with Crippen LogP contribution in [-0.2, 0) is 11.2 Å². The number of nitrogens with one attached hydrogen (secondary N) is 1. The van der Waals surface area contributed by atoms with Crippen molar-refractivity contribution in [1.29, 1.82) is 0 Å². The second-order valence-electron chi connectivity index (χ2n) is 3.32. The molecule has 0 aromatic carbocycles. The zero-order chi connectivity index (χ0) is 12.1. The molecule has 5 nitrogen and oxygen atoms in total. The lowest BCUT2D eigenvalue weighted by molar-refractivity contribution is -0.116. The topological polar surface area (TPSA) is 68.0 Å². The highest BCUT2D eigenvalue weighted by Gasteiger charge is 2.08. The first kappa shape index (κ1) is 11.6. The van der Waals surface area contributed by atoms with Gasteiger partial charge in [-0.3, -0.25) is 4.79 Å². The van der Waals surface area contributed by atoms with Gasteiger partial charge >= 0.3 is 0 Å². The summed E-state index contributed by atoms with van der Waals surface area (Å²) in [4.78, 5) is 19.3. The second kappa shape index (κ2) is 5.45. The first-order valence-electron chi connectivity index (χ1n) is 5.04. The molecule has 0 saturated carbocycles. The van der Waals surface area contributed by atoms with Crippen molar-refractivity contribution in [3.05, 3.63) is 41.7 Å². The highest BCUT2D eigenvalue weighted by atomic mass is 35.5. The van der Waals surface area contributed by atoms with Gasteiger partial charge in [0, 0.05) is 25.2 Å². The van der Waals surface area contributed by atoms with Gasteiger partial charge < -0.3 is 9.73 Å². The van der Waals surface area contributed by atoms with Crippen molar-refractivity contribution in [2.75, 3.05) is 5.32 Å². The third-order valence-electron chi connectivity index (χ3n) is 2.09. The quantitative estimate of drug-likeness (QED) is 0.905. The zero-order valence-corrected chi connectivity index (χ0v) is 9.65. The number of aryl methyl sites for hydroxylation is 1. The van der Waals surface area contributed by atoms with Crippen LogP contribution in [0.4, 0.5) is 5.82 Å². The first-order valence-corrected chi connectivity index (χ1v) is 5.42. The van der Waals surface area contributed by atoms with Crippen molar-refractivity contribution >= 4 is 23.3 Å². The third-order valence-corrected chi connectivity index (χ3v) is 2.37. The predicted octanol–water partition coefficient (Wildman–Crippen LogP) is 2.29. The summed E-state index contributed by atoms with van der Waals surface area (Å²) >= 11 is 5.76. The lowest BCUT2D eigenvalue weighted by Gasteiger charge is -2.04. The molecule has 0 spiro atoms. The minimum absolute atomic E-state index is 0.177. The summed E-state index contributed by atoms with van der Waals surface area (Å²) in [5.74, 6) is 0.868. The number of hydrogen-bond donors (Lipinski definition) is 1. The number of anilines is 1. The van der Waals surface area contributed by atoms with E-state index in [4.69, 9.17) is 16.0 Å². The molecular formula is C11H10ClN3O2. The number of carbonyl (C=O) groups is 1. The third kappa shape index (κ3) is 3.29. The van der Waals surface area contributed by atoms with Gasteiger partial charge in [-0.05, 0) is 12.1 Å². The van der Waals surface area contributed by atoms with Crippen LogP contribution in [0.3, 0.4) is 0 Å². The molecule has 6 heteroatoms. The van der Waals surface area contributed by atoms with E-state index in [1.807, 2.05) is 6.07 Å². The molecule has 0 aliphatic heterocycles. The first-order chi connectivity index (χ1) is 8.25. The molecule has 2 rings (SSSR count). The average Bonchev–Trinajstić information content (AvgIpc) is 2.82. The molecule has 0 bridgehead atoms. The van der Waals surface area contributed by atoms with Crippen molar-refractivity contribution < 1.29 is 9.21 Å². The van der Waals surface area contributed by atoms with E-state index >= 15 is 0 Å². The smallest absolute Gasteiger partial charge is 0.226 e. The van der Waals surface area contributed by atoms with Crippen LogP contribution in [0.25, 0.3) is 0 Å². The number of carbonyl (C=O) groups excluding carboxylic acids is 1. The summed E-state index contributed by atoms with van der Waals surface area (Å²) in [5.41, 5.74) is 0. The fraction of sp³-hybridized carbons (Fsp3) is 0.182. The van der Waals surface area contributed by atoms with Gasteiger partial charge in [0.25, 0.3) is 0 Å². The van der Waals surface area contributed by atoms with Crippen LogP contribution in [0.2, 0.25) is 5.15 Å². The molecule has 0 radical (unpaired) electrons. The Kier molecular flexibility index (Phi) is 3.72. The summed E-state index contributed by atoms with van der Waals surface area (Å²) in [6, 6.07) is 3.61. The Balaban J connectivity index is 1.87. The molecule has 17 heavy (non-hydrogen) atoms. The fourth-order valence-corrected chi connectivity index (χ4v) is 1.44. The predicted molar refractivity (Wildman–Crippen MR) is 62.7 cm³/mol. The van der Waals surface area contributed by atoms with E-state index in [0.717, 1.165) is 5.76 Å². The number of hydrogen-bond acceptors (Lipinski definition) is 4. The summed E-state index contributed by atoms with van der Waals surface area (Å²) < 4.78 is 5.12. The number of aromatic nitrogens is 2. The summed E-state index contributed by atoms with van der Waals surface area (Å²) in [7, 11) is 0. The number of amides is 1. The normalized spacial score (nSPS) is 10.2. The van der Waals surface area contributed by atoms with Crippen LogP contribution < -0.4 is 5.32 Å². The van der Waals surface area contributed by atoms with Crippen LogP contribution in [0.15, 0.2) is 35.2 Å². The number of furan rings is 1. The van der Waals surface area contributed by atoms with Crippen molar-refractivity contribution in [1.82, 2.24) is 9.97 Å². The Morgan fingerprint density at radius 2 is 2.24 bits per heavy atom. The van der Waals surface area contributed by atoms with E-state index in [1.165, 1.54) is 12.4 Å². The molecule has 88 valence electrons. The van der Waals surface area contributed by atoms with Gasteiger partial charge in [0.05, 0.1) is 6.26 Å². The van der Waals surface area contributed by atoms with E-state index < -0.39 is 0 Å². The Morgan fingerprint density at radius 1 is 1.41 bits per heavy atom. The molecule has 0 fully saturated rings. The van der Waals surface area contributed by atoms with Crippen molar-refractivity contribution in [2.24, 2.45) is 0 Å². The second-order valence-corrected chi connectivity index (χ2v) is 3.68. The van der Waals surface area contributed by atoms with Crippen molar-refractivity contribution in [2.45, 2.75) is 12.8 Å². The van der Waals surface area contributed by atoms with E-state index in [1.54, 1.807) is 12.3 Å². The van der Waals surface area contributed by atoms with E-state index in [-0.39, 0.29) is 16.9 Å². The lowest BCUT2D eigenvalue weighted by Crippen LogP contribution is -2.13. The monoisotopic (exact) mass is 251 g/mol. The van der Waals surface area contributed by atoms with Crippen LogP contribution in [-0.4, -0.2) is 15.9 Å². The Labute approximate surface area is 103 Å². The number of halogens is 1. The molecule has 0 aliphatic carbocycles. The molecule has 2 aromatic heterocycles. The standard InChI is InChI=1S/C11H10ClN3O2/c12-10-11(14-6-5-13-10)15-9(16)4-3-8-2-1-7-17-8/h1-2,5-7H,3-4H2,(H,14,15,16). The minimum atomic E-state index is -0.177. The Morgan fingerprint density at radius 3 is 2.94 bits per heavy atom. The van der Waals surface area contributed by atoms with E-state index in [9.17, 15) is 4.79 Å². The van der Waals surface area contributed by atoms with Gasteiger partial charge in [-0.15, -0.1) is 0 Å². The average molecular weight is 252 g/mol. The molecule has 2 aromatic rings. The van der Waals surface area contributed by atoms with Gasteiger partial charge in [-0.25, -0.2) is 9.97 Å². The molecule has 1 N–H and O–H groups in total. The van der Waals surface area contributed by atoms with E-state index in [2.05, 4.69) is 15.3 Å². The Hall–Kier alpha value is -1.88. The Bertz CT molecular complexity index is 499. The van der Waals surface area contributed by atoms with Gasteiger partial charge in [0.1, 0.15) is 5.76 Å². The lowest BCUT2D eigenvalue weighted by atomic mass is 10.2. The van der Waals surface area contributed by atoms with E-state index in [0.29, 0.717) is 12.8 Å². The van der Waals surface area contributed by atoms with Gasteiger partial charge in [-0.2, -0.15) is 0 Å². The molecule has 2 heterocycles. The maximum absolute atomic E-state index is 11.6. The van der Waals surface area contributed by atoms with Crippen LogP contribution >= 0.6 is 11.6 Å². The number of rotatable bonds is 4. The number of nitrogens with zero attached hydrogens (tertiary/aromatic N) is 2. The van der Waals surface area contributed by atoms with Crippen molar-refractivity contribution in [3.63, 3.8) is 0 Å². The summed E-state index contributed by atoms with van der Waals surface area (Å²) in [6.45, 7) is 0. The molecule has 0 aliphatic rings. The van der Waals surface area contributed by atoms with Crippen LogP contribution in [0, 0.1) is 0 Å². The van der Waals surface area contributed by atoms with Gasteiger partial charge in [0.2, 0.25) is 5.91 Å².